The van der Waals surface area contributed by atoms with E-state index in [1.54, 1.807) is 0 Å². The Bertz CT molecular complexity index is 436. The standard InChI is InChI=1S/C15H19NO/c1-16(15(17)12-9-10-12)14-8-4-6-11-5-2-3-7-13(11)14/h2-3,5,7,12,14H,4,6,8-10H2,1H3/t14-/m1/s1. The van der Waals surface area contributed by atoms with Crippen molar-refractivity contribution < 1.29 is 4.79 Å². The molecule has 0 aliphatic heterocycles. The van der Waals surface area contributed by atoms with E-state index < -0.39 is 0 Å². The van der Waals surface area contributed by atoms with Gasteiger partial charge in [-0.25, -0.2) is 0 Å². The van der Waals surface area contributed by atoms with Gasteiger partial charge in [0, 0.05) is 13.0 Å². The summed E-state index contributed by atoms with van der Waals surface area (Å²) >= 11 is 0. The molecule has 0 aromatic heterocycles. The second kappa shape index (κ2) is 4.17. The minimum Gasteiger partial charge on any atom is -0.338 e. The number of hydrogen-bond donors (Lipinski definition) is 0. The number of amides is 1. The van der Waals surface area contributed by atoms with Crippen LogP contribution in [-0.2, 0) is 11.2 Å². The van der Waals surface area contributed by atoms with Crippen molar-refractivity contribution in [2.45, 2.75) is 38.1 Å². The number of rotatable bonds is 2. The number of carbonyl (C=O) groups excluding carboxylic acids is 1. The third kappa shape index (κ3) is 1.97. The summed E-state index contributed by atoms with van der Waals surface area (Å²) < 4.78 is 0. The lowest BCUT2D eigenvalue weighted by molar-refractivity contribution is -0.133. The Hall–Kier alpha value is -1.31. The highest BCUT2D eigenvalue weighted by atomic mass is 16.2. The molecule has 1 aromatic rings. The number of aryl methyl sites for hydroxylation is 1. The van der Waals surface area contributed by atoms with Crippen molar-refractivity contribution in [3.05, 3.63) is 35.4 Å². The van der Waals surface area contributed by atoms with Crippen molar-refractivity contribution in [1.82, 2.24) is 4.90 Å². The zero-order chi connectivity index (χ0) is 11.8. The number of nitrogens with zero attached hydrogens (tertiary/aromatic N) is 1. The van der Waals surface area contributed by atoms with Crippen LogP contribution in [0.3, 0.4) is 0 Å². The zero-order valence-electron chi connectivity index (χ0n) is 10.4. The van der Waals surface area contributed by atoms with Crippen LogP contribution in [0.2, 0.25) is 0 Å². The van der Waals surface area contributed by atoms with E-state index in [4.69, 9.17) is 0 Å². The SMILES string of the molecule is CN(C(=O)C1CC1)[C@@H]1CCCc2ccccc21. The Kier molecular flexibility index (Phi) is 2.65. The molecule has 1 atom stereocenters. The Morgan fingerprint density at radius 2 is 2.00 bits per heavy atom. The van der Waals surface area contributed by atoms with Crippen LogP contribution in [0.5, 0.6) is 0 Å². The molecule has 0 N–H and O–H groups in total. The lowest BCUT2D eigenvalue weighted by Gasteiger charge is -2.33. The van der Waals surface area contributed by atoms with Crippen LogP contribution in [0, 0.1) is 5.92 Å². The third-order valence-corrected chi connectivity index (χ3v) is 4.08. The van der Waals surface area contributed by atoms with E-state index in [9.17, 15) is 4.79 Å². The second-order valence-corrected chi connectivity index (χ2v) is 5.33. The highest BCUT2D eigenvalue weighted by Crippen LogP contribution is 2.37. The topological polar surface area (TPSA) is 20.3 Å². The number of hydrogen-bond acceptors (Lipinski definition) is 1. The molecule has 2 aliphatic rings. The Labute approximate surface area is 103 Å². The van der Waals surface area contributed by atoms with Gasteiger partial charge in [0.05, 0.1) is 6.04 Å². The summed E-state index contributed by atoms with van der Waals surface area (Å²) in [5.74, 6) is 0.681. The van der Waals surface area contributed by atoms with E-state index in [1.165, 1.54) is 17.5 Å². The first-order valence-electron chi connectivity index (χ1n) is 6.62. The van der Waals surface area contributed by atoms with Gasteiger partial charge in [-0.3, -0.25) is 4.79 Å². The third-order valence-electron chi connectivity index (χ3n) is 4.08. The van der Waals surface area contributed by atoms with Crippen LogP contribution in [0.15, 0.2) is 24.3 Å². The lowest BCUT2D eigenvalue weighted by Crippen LogP contribution is -2.34. The van der Waals surface area contributed by atoms with E-state index in [2.05, 4.69) is 24.3 Å². The Morgan fingerprint density at radius 3 is 2.76 bits per heavy atom. The van der Waals surface area contributed by atoms with Crippen LogP contribution in [-0.4, -0.2) is 17.9 Å². The van der Waals surface area contributed by atoms with Gasteiger partial charge in [0.1, 0.15) is 0 Å². The fourth-order valence-electron chi connectivity index (χ4n) is 2.90. The minimum absolute atomic E-state index is 0.313. The van der Waals surface area contributed by atoms with Gasteiger partial charge in [-0.15, -0.1) is 0 Å². The second-order valence-electron chi connectivity index (χ2n) is 5.33. The molecule has 0 bridgehead atoms. The molecule has 0 heterocycles. The first-order valence-corrected chi connectivity index (χ1v) is 6.62. The summed E-state index contributed by atoms with van der Waals surface area (Å²) in [6.07, 6.45) is 5.67. The maximum Gasteiger partial charge on any atom is 0.225 e. The van der Waals surface area contributed by atoms with Gasteiger partial charge >= 0.3 is 0 Å². The molecule has 1 amide bonds. The predicted octanol–water partition coefficient (Wildman–Crippen LogP) is 2.93. The van der Waals surface area contributed by atoms with Crippen molar-refractivity contribution in [3.8, 4) is 0 Å². The van der Waals surface area contributed by atoms with Crippen LogP contribution in [0.25, 0.3) is 0 Å². The molecule has 0 spiro atoms. The molecule has 1 fully saturated rings. The average Bonchev–Trinajstić information content (AvgIpc) is 3.20. The summed E-state index contributed by atoms with van der Waals surface area (Å²) in [4.78, 5) is 14.1. The highest BCUT2D eigenvalue weighted by molar-refractivity contribution is 5.81. The molecule has 0 radical (unpaired) electrons. The van der Waals surface area contributed by atoms with E-state index >= 15 is 0 Å². The van der Waals surface area contributed by atoms with Crippen molar-refractivity contribution >= 4 is 5.91 Å². The van der Waals surface area contributed by atoms with Gasteiger partial charge in [-0.05, 0) is 43.2 Å². The van der Waals surface area contributed by atoms with Crippen LogP contribution >= 0.6 is 0 Å². The normalized spacial score (nSPS) is 23.0. The quantitative estimate of drug-likeness (QED) is 0.763. The van der Waals surface area contributed by atoms with E-state index in [1.807, 2.05) is 11.9 Å². The molecular formula is C15H19NO. The molecule has 0 saturated heterocycles. The monoisotopic (exact) mass is 229 g/mol. The fraction of sp³-hybridized carbons (Fsp3) is 0.533. The van der Waals surface area contributed by atoms with Crippen molar-refractivity contribution in [2.24, 2.45) is 5.92 Å². The van der Waals surface area contributed by atoms with Gasteiger partial charge in [-0.2, -0.15) is 0 Å². The Balaban J connectivity index is 1.86. The number of benzene rings is 1. The van der Waals surface area contributed by atoms with Gasteiger partial charge < -0.3 is 4.90 Å². The van der Waals surface area contributed by atoms with E-state index in [-0.39, 0.29) is 0 Å². The van der Waals surface area contributed by atoms with Crippen LogP contribution in [0.4, 0.5) is 0 Å². The Morgan fingerprint density at radius 1 is 1.24 bits per heavy atom. The van der Waals surface area contributed by atoms with Gasteiger partial charge in [0.15, 0.2) is 0 Å². The lowest BCUT2D eigenvalue weighted by atomic mass is 9.87. The van der Waals surface area contributed by atoms with Gasteiger partial charge in [-0.1, -0.05) is 24.3 Å². The predicted molar refractivity (Wildman–Crippen MR) is 67.6 cm³/mol. The summed E-state index contributed by atoms with van der Waals surface area (Å²) in [5.41, 5.74) is 2.80. The van der Waals surface area contributed by atoms with Gasteiger partial charge in [0.2, 0.25) is 5.91 Å². The molecule has 90 valence electrons. The van der Waals surface area contributed by atoms with Crippen LogP contribution < -0.4 is 0 Å². The summed E-state index contributed by atoms with van der Waals surface area (Å²) in [5, 5.41) is 0. The number of fused-ring (bicyclic) bond motifs is 1. The summed E-state index contributed by atoms with van der Waals surface area (Å²) in [6.45, 7) is 0. The highest BCUT2D eigenvalue weighted by Gasteiger charge is 2.35. The molecular weight excluding hydrogens is 210 g/mol. The molecule has 1 saturated carbocycles. The van der Waals surface area contributed by atoms with E-state index in [0.29, 0.717) is 17.9 Å². The van der Waals surface area contributed by atoms with Crippen molar-refractivity contribution in [2.75, 3.05) is 7.05 Å². The molecule has 2 heteroatoms. The maximum atomic E-state index is 12.1. The van der Waals surface area contributed by atoms with Gasteiger partial charge in [0.25, 0.3) is 0 Å². The first-order chi connectivity index (χ1) is 8.27. The summed E-state index contributed by atoms with van der Waals surface area (Å²) in [7, 11) is 1.98. The molecule has 1 aromatic carbocycles. The smallest absolute Gasteiger partial charge is 0.225 e. The molecule has 3 rings (SSSR count). The summed E-state index contributed by atoms with van der Waals surface area (Å²) in [6, 6.07) is 8.90. The average molecular weight is 229 g/mol. The number of carbonyl (C=O) groups is 1. The van der Waals surface area contributed by atoms with Crippen molar-refractivity contribution in [1.29, 1.82) is 0 Å². The van der Waals surface area contributed by atoms with E-state index in [0.717, 1.165) is 25.7 Å². The molecule has 2 nitrogen and oxygen atoms in total. The largest absolute Gasteiger partial charge is 0.338 e. The minimum atomic E-state index is 0.313. The fourth-order valence-corrected chi connectivity index (χ4v) is 2.90. The molecule has 2 aliphatic carbocycles. The molecule has 17 heavy (non-hydrogen) atoms. The maximum absolute atomic E-state index is 12.1. The van der Waals surface area contributed by atoms with Crippen LogP contribution in [0.1, 0.15) is 42.9 Å². The first kappa shape index (κ1) is 10.8. The molecule has 0 unspecified atom stereocenters. The van der Waals surface area contributed by atoms with Crippen molar-refractivity contribution in [3.63, 3.8) is 0 Å². The zero-order valence-corrected chi connectivity index (χ0v) is 10.4.